The Morgan fingerprint density at radius 1 is 1.07 bits per heavy atom. The average Bonchev–Trinajstić information content (AvgIpc) is 2.70. The first kappa shape index (κ1) is 19.2. The number of hydrogen-bond donors (Lipinski definition) is 2. The van der Waals surface area contributed by atoms with E-state index >= 15 is 0 Å². The molecule has 0 saturated carbocycles. The third kappa shape index (κ3) is 5.23. The third-order valence-corrected chi connectivity index (χ3v) is 5.25. The fourth-order valence-electron chi connectivity index (χ4n) is 3.56. The summed E-state index contributed by atoms with van der Waals surface area (Å²) in [6, 6.07) is 16.5. The van der Waals surface area contributed by atoms with Gasteiger partial charge in [0.05, 0.1) is 32.4 Å². The zero-order valence-corrected chi connectivity index (χ0v) is 16.4. The van der Waals surface area contributed by atoms with Crippen LogP contribution < -0.4 is 9.80 Å². The van der Waals surface area contributed by atoms with E-state index in [9.17, 15) is 5.11 Å². The Kier molecular flexibility index (Phi) is 6.71. The number of benzene rings is 2. The van der Waals surface area contributed by atoms with Gasteiger partial charge in [-0.3, -0.25) is 5.01 Å². The number of hydrogen-bond acceptors (Lipinski definition) is 4. The van der Waals surface area contributed by atoms with Crippen LogP contribution >= 0.6 is 0 Å². The van der Waals surface area contributed by atoms with E-state index in [1.54, 1.807) is 11.1 Å². The van der Waals surface area contributed by atoms with Gasteiger partial charge in [-0.05, 0) is 26.0 Å². The zero-order chi connectivity index (χ0) is 19.1. The standard InChI is InChI=1S/C22H30N4O/c1-3-25(4-2)21-11-10-20(22(27)16-21)17-23-26-14-12-24(13-15-26)18-19-8-6-5-7-9-19/h5-11,16-17,27H,3-4,12-15,18H2,1-2H3/p+1. The Morgan fingerprint density at radius 2 is 1.78 bits per heavy atom. The highest BCUT2D eigenvalue weighted by molar-refractivity contribution is 5.84. The van der Waals surface area contributed by atoms with Gasteiger partial charge in [0.25, 0.3) is 0 Å². The van der Waals surface area contributed by atoms with Crippen LogP contribution in [-0.4, -0.2) is 55.6 Å². The van der Waals surface area contributed by atoms with E-state index in [1.807, 2.05) is 12.1 Å². The van der Waals surface area contributed by atoms with Gasteiger partial charge in [-0.2, -0.15) is 5.10 Å². The fourth-order valence-corrected chi connectivity index (χ4v) is 3.56. The Balaban J connectivity index is 1.53. The smallest absolute Gasteiger partial charge is 0.126 e. The normalized spacial score (nSPS) is 15.4. The van der Waals surface area contributed by atoms with Crippen LogP contribution in [0.3, 0.4) is 0 Å². The summed E-state index contributed by atoms with van der Waals surface area (Å²) in [4.78, 5) is 3.81. The topological polar surface area (TPSA) is 43.5 Å². The van der Waals surface area contributed by atoms with Crippen molar-refractivity contribution in [3.63, 3.8) is 0 Å². The number of hydrazone groups is 1. The summed E-state index contributed by atoms with van der Waals surface area (Å²) in [5.41, 5.74) is 3.21. The lowest BCUT2D eigenvalue weighted by molar-refractivity contribution is -0.918. The molecule has 0 spiro atoms. The molecule has 27 heavy (non-hydrogen) atoms. The van der Waals surface area contributed by atoms with Crippen molar-refractivity contribution in [2.75, 3.05) is 44.2 Å². The molecule has 5 nitrogen and oxygen atoms in total. The molecule has 0 unspecified atom stereocenters. The van der Waals surface area contributed by atoms with Gasteiger partial charge in [0.1, 0.15) is 12.3 Å². The second kappa shape index (κ2) is 9.42. The Labute approximate surface area is 162 Å². The Morgan fingerprint density at radius 3 is 2.41 bits per heavy atom. The molecular formula is C22H31N4O+. The Hall–Kier alpha value is -2.53. The zero-order valence-electron chi connectivity index (χ0n) is 16.4. The minimum Gasteiger partial charge on any atom is -0.507 e. The molecule has 0 amide bonds. The molecule has 0 aromatic heterocycles. The number of phenols is 1. The molecule has 1 aliphatic rings. The summed E-state index contributed by atoms with van der Waals surface area (Å²) >= 11 is 0. The minimum atomic E-state index is 0.288. The van der Waals surface area contributed by atoms with Gasteiger partial charge in [-0.25, -0.2) is 0 Å². The molecule has 0 radical (unpaired) electrons. The highest BCUT2D eigenvalue weighted by Gasteiger charge is 2.18. The lowest BCUT2D eigenvalue weighted by Gasteiger charge is -2.30. The molecule has 0 bridgehead atoms. The molecule has 2 N–H and O–H groups in total. The monoisotopic (exact) mass is 367 g/mol. The lowest BCUT2D eigenvalue weighted by Crippen LogP contribution is -3.13. The highest BCUT2D eigenvalue weighted by atomic mass is 16.3. The SMILES string of the molecule is CCN(CC)c1ccc(C=NN2CC[NH+](Cc3ccccc3)CC2)c(O)c1. The van der Waals surface area contributed by atoms with E-state index < -0.39 is 0 Å². The van der Waals surface area contributed by atoms with E-state index in [-0.39, 0.29) is 5.75 Å². The largest absolute Gasteiger partial charge is 0.507 e. The summed E-state index contributed by atoms with van der Waals surface area (Å²) in [5.74, 6) is 0.288. The van der Waals surface area contributed by atoms with Crippen LogP contribution in [0.5, 0.6) is 5.75 Å². The van der Waals surface area contributed by atoms with E-state index in [1.165, 1.54) is 5.56 Å². The van der Waals surface area contributed by atoms with E-state index in [0.29, 0.717) is 0 Å². The first-order chi connectivity index (χ1) is 13.2. The highest BCUT2D eigenvalue weighted by Crippen LogP contribution is 2.23. The first-order valence-corrected chi connectivity index (χ1v) is 9.94. The molecule has 1 fully saturated rings. The van der Waals surface area contributed by atoms with Crippen LogP contribution in [0.2, 0.25) is 0 Å². The quantitative estimate of drug-likeness (QED) is 0.736. The maximum absolute atomic E-state index is 10.3. The maximum atomic E-state index is 10.3. The molecule has 0 aliphatic carbocycles. The molecular weight excluding hydrogens is 336 g/mol. The summed E-state index contributed by atoms with van der Waals surface area (Å²) in [6.07, 6.45) is 1.78. The number of nitrogens with zero attached hydrogens (tertiary/aromatic N) is 3. The summed E-state index contributed by atoms with van der Waals surface area (Å²) in [6.45, 7) is 11.2. The maximum Gasteiger partial charge on any atom is 0.126 e. The van der Waals surface area contributed by atoms with Crippen LogP contribution in [0.25, 0.3) is 0 Å². The average molecular weight is 368 g/mol. The molecule has 144 valence electrons. The summed E-state index contributed by atoms with van der Waals surface area (Å²) in [5, 5.41) is 17.0. The van der Waals surface area contributed by atoms with E-state index in [2.05, 4.69) is 65.3 Å². The predicted octanol–water partition coefficient (Wildman–Crippen LogP) is 1.97. The fraction of sp³-hybridized carbons (Fsp3) is 0.409. The van der Waals surface area contributed by atoms with Crippen molar-refractivity contribution in [1.82, 2.24) is 5.01 Å². The molecule has 1 heterocycles. The predicted molar refractivity (Wildman–Crippen MR) is 112 cm³/mol. The summed E-state index contributed by atoms with van der Waals surface area (Å²) in [7, 11) is 0. The van der Waals surface area contributed by atoms with Gasteiger partial charge < -0.3 is 14.9 Å². The number of piperazine rings is 1. The van der Waals surface area contributed by atoms with Crippen molar-refractivity contribution in [2.24, 2.45) is 5.10 Å². The van der Waals surface area contributed by atoms with Crippen molar-refractivity contribution >= 4 is 11.9 Å². The number of nitrogens with one attached hydrogen (secondary N) is 1. The molecule has 1 saturated heterocycles. The lowest BCUT2D eigenvalue weighted by atomic mass is 10.2. The van der Waals surface area contributed by atoms with Crippen LogP contribution in [0.4, 0.5) is 5.69 Å². The number of quaternary nitrogens is 1. The van der Waals surface area contributed by atoms with Crippen molar-refractivity contribution in [3.05, 3.63) is 59.7 Å². The molecule has 5 heteroatoms. The second-order valence-corrected chi connectivity index (χ2v) is 7.03. The van der Waals surface area contributed by atoms with Crippen LogP contribution in [0, 0.1) is 0 Å². The van der Waals surface area contributed by atoms with E-state index in [0.717, 1.165) is 57.1 Å². The third-order valence-electron chi connectivity index (χ3n) is 5.25. The summed E-state index contributed by atoms with van der Waals surface area (Å²) < 4.78 is 0. The molecule has 3 rings (SSSR count). The van der Waals surface area contributed by atoms with Gasteiger partial charge in [-0.1, -0.05) is 30.3 Å². The van der Waals surface area contributed by atoms with E-state index in [4.69, 9.17) is 0 Å². The van der Waals surface area contributed by atoms with Crippen LogP contribution in [0.1, 0.15) is 25.0 Å². The molecule has 2 aromatic carbocycles. The Bertz CT molecular complexity index is 735. The van der Waals surface area contributed by atoms with Gasteiger partial charge >= 0.3 is 0 Å². The van der Waals surface area contributed by atoms with Crippen LogP contribution in [-0.2, 0) is 6.54 Å². The first-order valence-electron chi connectivity index (χ1n) is 9.94. The van der Waals surface area contributed by atoms with Crippen LogP contribution in [0.15, 0.2) is 53.6 Å². The van der Waals surface area contributed by atoms with Gasteiger partial charge in [0, 0.05) is 36.0 Å². The van der Waals surface area contributed by atoms with Gasteiger partial charge in [0.2, 0.25) is 0 Å². The van der Waals surface area contributed by atoms with Crippen molar-refractivity contribution in [2.45, 2.75) is 20.4 Å². The molecule has 1 aliphatic heterocycles. The van der Waals surface area contributed by atoms with Crippen molar-refractivity contribution in [3.8, 4) is 5.75 Å². The number of rotatable bonds is 7. The van der Waals surface area contributed by atoms with Gasteiger partial charge in [-0.15, -0.1) is 0 Å². The molecule has 0 atom stereocenters. The second-order valence-electron chi connectivity index (χ2n) is 7.03. The minimum absolute atomic E-state index is 0.288. The number of aromatic hydroxyl groups is 1. The number of phenolic OH excluding ortho intramolecular Hbond substituents is 1. The van der Waals surface area contributed by atoms with Gasteiger partial charge in [0.15, 0.2) is 0 Å². The number of anilines is 1. The van der Waals surface area contributed by atoms with Crippen molar-refractivity contribution < 1.29 is 10.0 Å². The van der Waals surface area contributed by atoms with Crippen molar-refractivity contribution in [1.29, 1.82) is 0 Å². The molecule has 2 aromatic rings.